The molecule has 3 aromatic rings. The van der Waals surface area contributed by atoms with Crippen LogP contribution in [0.1, 0.15) is 37.8 Å². The zero-order valence-corrected chi connectivity index (χ0v) is 20.5. The number of carbonyl (C=O) groups excluding carboxylic acids is 1. The molecular formula is C25H27ClN2O4S. The Morgan fingerprint density at radius 1 is 0.970 bits per heavy atom. The van der Waals surface area contributed by atoms with E-state index in [1.165, 1.54) is 24.3 Å². The van der Waals surface area contributed by atoms with Crippen LogP contribution in [0.3, 0.4) is 0 Å². The Labute approximate surface area is 200 Å². The highest BCUT2D eigenvalue weighted by molar-refractivity contribution is 7.92. The topological polar surface area (TPSA) is 84.5 Å². The lowest BCUT2D eigenvalue weighted by molar-refractivity contribution is -0.122. The van der Waals surface area contributed by atoms with E-state index in [2.05, 4.69) is 23.9 Å². The number of amides is 1. The van der Waals surface area contributed by atoms with Crippen molar-refractivity contribution in [1.29, 1.82) is 0 Å². The van der Waals surface area contributed by atoms with E-state index in [9.17, 15) is 13.2 Å². The van der Waals surface area contributed by atoms with Gasteiger partial charge in [-0.2, -0.15) is 0 Å². The number of sulfonamides is 1. The van der Waals surface area contributed by atoms with E-state index in [1.807, 2.05) is 24.3 Å². The molecule has 0 bridgehead atoms. The fraction of sp³-hybridized carbons (Fsp3) is 0.240. The number of para-hydroxylation sites is 1. The normalized spacial score (nSPS) is 12.3. The number of hydrogen-bond acceptors (Lipinski definition) is 4. The Morgan fingerprint density at radius 2 is 1.64 bits per heavy atom. The van der Waals surface area contributed by atoms with Gasteiger partial charge >= 0.3 is 0 Å². The summed E-state index contributed by atoms with van der Waals surface area (Å²) in [5.41, 5.74) is 2.65. The number of ether oxygens (including phenoxy) is 1. The van der Waals surface area contributed by atoms with Gasteiger partial charge < -0.3 is 10.1 Å². The molecule has 0 saturated carbocycles. The molecular weight excluding hydrogens is 460 g/mol. The Hall–Kier alpha value is -3.03. The number of aryl methyl sites for hydroxylation is 1. The quantitative estimate of drug-likeness (QED) is 0.410. The van der Waals surface area contributed by atoms with Gasteiger partial charge in [-0.1, -0.05) is 49.7 Å². The molecule has 0 spiro atoms. The molecule has 3 aromatic carbocycles. The van der Waals surface area contributed by atoms with Crippen LogP contribution in [0, 0.1) is 6.92 Å². The molecule has 3 rings (SSSR count). The lowest BCUT2D eigenvalue weighted by Crippen LogP contribution is -2.30. The van der Waals surface area contributed by atoms with Crippen molar-refractivity contribution in [3.05, 3.63) is 82.9 Å². The number of anilines is 2. The summed E-state index contributed by atoms with van der Waals surface area (Å²) in [6.07, 6.45) is -0.735. The Balaban J connectivity index is 1.67. The molecule has 2 N–H and O–H groups in total. The maximum atomic E-state index is 12.7. The molecule has 0 saturated heterocycles. The molecule has 0 heterocycles. The highest BCUT2D eigenvalue weighted by atomic mass is 35.5. The van der Waals surface area contributed by atoms with E-state index in [4.69, 9.17) is 16.3 Å². The fourth-order valence-electron chi connectivity index (χ4n) is 3.18. The van der Waals surface area contributed by atoms with Crippen LogP contribution in [0.25, 0.3) is 0 Å². The molecule has 1 atom stereocenters. The third kappa shape index (κ3) is 6.27. The second-order valence-corrected chi connectivity index (χ2v) is 10.1. The van der Waals surface area contributed by atoms with Gasteiger partial charge in [0.05, 0.1) is 10.6 Å². The average molecular weight is 487 g/mol. The van der Waals surface area contributed by atoms with Crippen molar-refractivity contribution in [2.75, 3.05) is 10.0 Å². The summed E-state index contributed by atoms with van der Waals surface area (Å²) in [4.78, 5) is 12.7. The highest BCUT2D eigenvalue weighted by Crippen LogP contribution is 2.27. The smallest absolute Gasteiger partial charge is 0.265 e. The van der Waals surface area contributed by atoms with Crippen LogP contribution >= 0.6 is 11.6 Å². The fourth-order valence-corrected chi connectivity index (χ4v) is 4.47. The average Bonchev–Trinajstić information content (AvgIpc) is 2.76. The number of halogens is 1. The number of rotatable bonds is 8. The van der Waals surface area contributed by atoms with Crippen molar-refractivity contribution in [1.82, 2.24) is 0 Å². The summed E-state index contributed by atoms with van der Waals surface area (Å²) in [6, 6.07) is 18.5. The van der Waals surface area contributed by atoms with Crippen LogP contribution in [0.4, 0.5) is 11.4 Å². The molecule has 0 radical (unpaired) electrons. The minimum absolute atomic E-state index is 0.0648. The van der Waals surface area contributed by atoms with Crippen LogP contribution in [0.2, 0.25) is 5.02 Å². The van der Waals surface area contributed by atoms with Crippen molar-refractivity contribution < 1.29 is 17.9 Å². The largest absolute Gasteiger partial charge is 0.481 e. The molecule has 0 fully saturated rings. The summed E-state index contributed by atoms with van der Waals surface area (Å²) in [6.45, 7) is 7.58. The third-order valence-corrected chi connectivity index (χ3v) is 6.71. The molecule has 0 unspecified atom stereocenters. The number of benzene rings is 3. The summed E-state index contributed by atoms with van der Waals surface area (Å²) < 4.78 is 33.9. The second-order valence-electron chi connectivity index (χ2n) is 8.03. The number of nitrogens with one attached hydrogen (secondary N) is 2. The Morgan fingerprint density at radius 3 is 2.30 bits per heavy atom. The number of hydrogen-bond donors (Lipinski definition) is 2. The van der Waals surface area contributed by atoms with E-state index >= 15 is 0 Å². The standard InChI is InChI=1S/C25H27ClN2O4S/c1-16(2)22-7-5-6-8-24(22)32-18(4)25(29)27-20-11-13-21(14-12-20)33(30,31)28-23-15-19(26)10-9-17(23)3/h5-16,18,28H,1-4H3,(H,27,29)/t18-/m1/s1. The van der Waals surface area contributed by atoms with Crippen molar-refractivity contribution in [3.8, 4) is 5.75 Å². The molecule has 0 aliphatic heterocycles. The van der Waals surface area contributed by atoms with Gasteiger partial charge in [0, 0.05) is 10.7 Å². The predicted octanol–water partition coefficient (Wildman–Crippen LogP) is 5.98. The van der Waals surface area contributed by atoms with Crippen LogP contribution < -0.4 is 14.8 Å². The number of carbonyl (C=O) groups is 1. The van der Waals surface area contributed by atoms with Gasteiger partial charge in [0.15, 0.2) is 6.10 Å². The summed E-state index contributed by atoms with van der Waals surface area (Å²) >= 11 is 5.98. The van der Waals surface area contributed by atoms with Gasteiger partial charge in [0.1, 0.15) is 5.75 Å². The van der Waals surface area contributed by atoms with Crippen LogP contribution in [0.5, 0.6) is 5.75 Å². The molecule has 33 heavy (non-hydrogen) atoms. The van der Waals surface area contributed by atoms with Crippen LogP contribution in [-0.2, 0) is 14.8 Å². The minimum atomic E-state index is -3.81. The van der Waals surface area contributed by atoms with Gasteiger partial charge in [-0.25, -0.2) is 8.42 Å². The van der Waals surface area contributed by atoms with E-state index < -0.39 is 16.1 Å². The Kier molecular flexibility index (Phi) is 7.66. The molecule has 0 aliphatic rings. The van der Waals surface area contributed by atoms with Crippen molar-refractivity contribution in [3.63, 3.8) is 0 Å². The maximum Gasteiger partial charge on any atom is 0.265 e. The molecule has 0 aliphatic carbocycles. The van der Waals surface area contributed by atoms with Gasteiger partial charge in [-0.15, -0.1) is 0 Å². The Bertz CT molecular complexity index is 1240. The van der Waals surface area contributed by atoms with Gasteiger partial charge in [-0.05, 0) is 73.4 Å². The first kappa shape index (κ1) is 24.6. The van der Waals surface area contributed by atoms with E-state index in [1.54, 1.807) is 32.0 Å². The van der Waals surface area contributed by atoms with E-state index in [0.717, 1.165) is 11.1 Å². The highest BCUT2D eigenvalue weighted by Gasteiger charge is 2.19. The molecule has 6 nitrogen and oxygen atoms in total. The SMILES string of the molecule is Cc1ccc(Cl)cc1NS(=O)(=O)c1ccc(NC(=O)[C@@H](C)Oc2ccccc2C(C)C)cc1. The van der Waals surface area contributed by atoms with Crippen molar-refractivity contribution in [2.24, 2.45) is 0 Å². The maximum absolute atomic E-state index is 12.7. The van der Waals surface area contributed by atoms with Crippen molar-refractivity contribution in [2.45, 2.75) is 44.6 Å². The molecule has 0 aromatic heterocycles. The van der Waals surface area contributed by atoms with Gasteiger partial charge in [-0.3, -0.25) is 9.52 Å². The first-order valence-electron chi connectivity index (χ1n) is 10.5. The summed E-state index contributed by atoms with van der Waals surface area (Å²) in [7, 11) is -3.81. The summed E-state index contributed by atoms with van der Waals surface area (Å²) in [5, 5.41) is 3.19. The molecule has 174 valence electrons. The minimum Gasteiger partial charge on any atom is -0.481 e. The summed E-state index contributed by atoms with van der Waals surface area (Å²) in [5.74, 6) is 0.589. The zero-order valence-electron chi connectivity index (χ0n) is 18.9. The molecule has 8 heteroatoms. The lowest BCUT2D eigenvalue weighted by atomic mass is 10.0. The first-order valence-corrected chi connectivity index (χ1v) is 12.4. The predicted molar refractivity (Wildman–Crippen MR) is 133 cm³/mol. The van der Waals surface area contributed by atoms with Gasteiger partial charge in [0.2, 0.25) is 0 Å². The first-order chi connectivity index (χ1) is 15.6. The van der Waals surface area contributed by atoms with Crippen LogP contribution in [-0.4, -0.2) is 20.4 Å². The van der Waals surface area contributed by atoms with E-state index in [0.29, 0.717) is 22.1 Å². The van der Waals surface area contributed by atoms with Gasteiger partial charge in [0.25, 0.3) is 15.9 Å². The van der Waals surface area contributed by atoms with Crippen LogP contribution in [0.15, 0.2) is 71.6 Å². The third-order valence-electron chi connectivity index (χ3n) is 5.09. The monoisotopic (exact) mass is 486 g/mol. The molecule has 1 amide bonds. The lowest BCUT2D eigenvalue weighted by Gasteiger charge is -2.18. The second kappa shape index (κ2) is 10.3. The van der Waals surface area contributed by atoms with Crippen molar-refractivity contribution >= 4 is 38.9 Å². The van der Waals surface area contributed by atoms with E-state index in [-0.39, 0.29) is 16.7 Å². The zero-order chi connectivity index (χ0) is 24.2.